The van der Waals surface area contributed by atoms with E-state index in [2.05, 4.69) is 9.97 Å². The quantitative estimate of drug-likeness (QED) is 0.729. The number of hydrogen-bond donors (Lipinski definition) is 1. The molecular formula is C10H9ClN2O. The maximum atomic E-state index is 11.3. The first kappa shape index (κ1) is 9.21. The van der Waals surface area contributed by atoms with Crippen molar-refractivity contribution in [3.05, 3.63) is 39.9 Å². The molecule has 0 saturated carbocycles. The highest BCUT2D eigenvalue weighted by Gasteiger charge is 2.00. The molecule has 2 aromatic rings. The van der Waals surface area contributed by atoms with Crippen molar-refractivity contribution in [2.45, 2.75) is 12.8 Å². The van der Waals surface area contributed by atoms with Gasteiger partial charge in [-0.1, -0.05) is 0 Å². The van der Waals surface area contributed by atoms with Gasteiger partial charge in [0.15, 0.2) is 0 Å². The summed E-state index contributed by atoms with van der Waals surface area (Å²) < 4.78 is 0. The molecule has 72 valence electrons. The van der Waals surface area contributed by atoms with Crippen LogP contribution in [0.3, 0.4) is 0 Å². The molecule has 0 fully saturated rings. The van der Waals surface area contributed by atoms with E-state index in [1.807, 2.05) is 6.07 Å². The number of H-pyrrole nitrogens is 1. The Labute approximate surface area is 85.7 Å². The van der Waals surface area contributed by atoms with Crippen molar-refractivity contribution in [3.63, 3.8) is 0 Å². The second kappa shape index (κ2) is 3.42. The van der Waals surface area contributed by atoms with E-state index in [4.69, 9.17) is 11.6 Å². The molecule has 0 spiro atoms. The van der Waals surface area contributed by atoms with Crippen LogP contribution in [0.25, 0.3) is 10.9 Å². The van der Waals surface area contributed by atoms with Crippen molar-refractivity contribution in [1.82, 2.24) is 9.97 Å². The van der Waals surface area contributed by atoms with Gasteiger partial charge in [-0.2, -0.15) is 0 Å². The van der Waals surface area contributed by atoms with Crippen LogP contribution in [0.4, 0.5) is 0 Å². The van der Waals surface area contributed by atoms with Gasteiger partial charge < -0.3 is 4.98 Å². The molecule has 0 aromatic carbocycles. The average molecular weight is 209 g/mol. The Bertz CT molecular complexity index is 533. The Kier molecular flexibility index (Phi) is 2.25. The first-order valence-corrected chi connectivity index (χ1v) is 4.78. The van der Waals surface area contributed by atoms with Crippen LogP contribution >= 0.6 is 11.6 Å². The van der Waals surface area contributed by atoms with Crippen molar-refractivity contribution in [1.29, 1.82) is 0 Å². The minimum Gasteiger partial charge on any atom is -0.322 e. The number of aromatic nitrogens is 2. The molecule has 0 radical (unpaired) electrons. The zero-order valence-corrected chi connectivity index (χ0v) is 8.43. The van der Waals surface area contributed by atoms with Gasteiger partial charge in [0, 0.05) is 17.1 Å². The largest absolute Gasteiger partial charge is 0.322 e. The monoisotopic (exact) mass is 208 g/mol. The van der Waals surface area contributed by atoms with Crippen molar-refractivity contribution < 1.29 is 0 Å². The summed E-state index contributed by atoms with van der Waals surface area (Å²) in [6, 6.07) is 3.61. The van der Waals surface area contributed by atoms with E-state index in [-0.39, 0.29) is 5.56 Å². The summed E-state index contributed by atoms with van der Waals surface area (Å²) in [4.78, 5) is 18.2. The minimum atomic E-state index is -0.0655. The molecule has 0 aliphatic heterocycles. The van der Waals surface area contributed by atoms with Gasteiger partial charge in [-0.15, -0.1) is 11.6 Å². The molecule has 4 heteroatoms. The Morgan fingerprint density at radius 1 is 1.50 bits per heavy atom. The van der Waals surface area contributed by atoms with Gasteiger partial charge in [0.25, 0.3) is 5.56 Å². The number of alkyl halides is 1. The summed E-state index contributed by atoms with van der Waals surface area (Å²) >= 11 is 5.64. The van der Waals surface area contributed by atoms with Gasteiger partial charge in [0.1, 0.15) is 0 Å². The molecule has 0 aliphatic carbocycles. The van der Waals surface area contributed by atoms with Crippen molar-refractivity contribution in [2.24, 2.45) is 0 Å². The third-order valence-electron chi connectivity index (χ3n) is 2.11. The summed E-state index contributed by atoms with van der Waals surface area (Å²) in [5, 5.41) is 0.927. The van der Waals surface area contributed by atoms with E-state index in [0.717, 1.165) is 16.6 Å². The maximum absolute atomic E-state index is 11.3. The summed E-state index contributed by atoms with van der Waals surface area (Å²) in [6.45, 7) is 1.77. The highest BCUT2D eigenvalue weighted by Crippen LogP contribution is 2.11. The summed E-state index contributed by atoms with van der Waals surface area (Å²) in [5.74, 6) is 0.353. The molecule has 0 atom stereocenters. The Balaban J connectivity index is 2.77. The molecule has 2 rings (SSSR count). The van der Waals surface area contributed by atoms with Crippen molar-refractivity contribution in [2.75, 3.05) is 0 Å². The number of nitrogens with one attached hydrogen (secondary N) is 1. The first-order chi connectivity index (χ1) is 6.70. The van der Waals surface area contributed by atoms with E-state index in [9.17, 15) is 4.79 Å². The molecule has 0 unspecified atom stereocenters. The number of pyridine rings is 2. The molecule has 0 aliphatic rings. The zero-order chi connectivity index (χ0) is 10.1. The normalized spacial score (nSPS) is 10.7. The van der Waals surface area contributed by atoms with Crippen LogP contribution in [0.2, 0.25) is 0 Å². The maximum Gasteiger partial charge on any atom is 0.251 e. The fourth-order valence-corrected chi connectivity index (χ4v) is 1.47. The second-order valence-corrected chi connectivity index (χ2v) is 3.45. The van der Waals surface area contributed by atoms with Crippen LogP contribution < -0.4 is 5.56 Å². The number of halogens is 1. The van der Waals surface area contributed by atoms with Gasteiger partial charge in [-0.05, 0) is 19.1 Å². The number of hydrogen-bond acceptors (Lipinski definition) is 2. The molecule has 0 amide bonds. The standard InChI is InChI=1S/C10H9ClN2O/c1-6-2-7-5-12-8(4-11)3-9(7)13-10(6)14/h2-3,5H,4H2,1H3,(H,13,14). The fourth-order valence-electron chi connectivity index (χ4n) is 1.33. The first-order valence-electron chi connectivity index (χ1n) is 4.25. The molecule has 14 heavy (non-hydrogen) atoms. The van der Waals surface area contributed by atoms with Crippen LogP contribution in [0.1, 0.15) is 11.3 Å². The van der Waals surface area contributed by atoms with E-state index in [0.29, 0.717) is 11.4 Å². The Hall–Kier alpha value is -1.35. The van der Waals surface area contributed by atoms with Crippen LogP contribution in [0.15, 0.2) is 23.1 Å². The minimum absolute atomic E-state index is 0.0655. The fraction of sp³-hybridized carbons (Fsp3) is 0.200. The van der Waals surface area contributed by atoms with Gasteiger partial charge in [-0.3, -0.25) is 9.78 Å². The smallest absolute Gasteiger partial charge is 0.251 e. The zero-order valence-electron chi connectivity index (χ0n) is 7.67. The van der Waals surface area contributed by atoms with E-state index < -0.39 is 0 Å². The highest BCUT2D eigenvalue weighted by molar-refractivity contribution is 6.17. The predicted octanol–water partition coefficient (Wildman–Crippen LogP) is 1.97. The number of nitrogens with zero attached hydrogens (tertiary/aromatic N) is 1. The summed E-state index contributed by atoms with van der Waals surface area (Å²) in [7, 11) is 0. The molecule has 0 saturated heterocycles. The predicted molar refractivity (Wildman–Crippen MR) is 56.7 cm³/mol. The SMILES string of the molecule is Cc1cc2cnc(CCl)cc2[nH]c1=O. The molecule has 0 bridgehead atoms. The van der Waals surface area contributed by atoms with Gasteiger partial charge in [0.2, 0.25) is 0 Å². The number of rotatable bonds is 1. The third kappa shape index (κ3) is 1.51. The average Bonchev–Trinajstić information content (AvgIpc) is 2.19. The molecule has 2 aromatic heterocycles. The van der Waals surface area contributed by atoms with Crippen molar-refractivity contribution in [3.8, 4) is 0 Å². The van der Waals surface area contributed by atoms with Gasteiger partial charge in [0.05, 0.1) is 17.1 Å². The summed E-state index contributed by atoms with van der Waals surface area (Å²) in [5.41, 5.74) is 2.17. The van der Waals surface area contributed by atoms with Gasteiger partial charge in [-0.25, -0.2) is 0 Å². The molecule has 1 N–H and O–H groups in total. The number of aromatic amines is 1. The Morgan fingerprint density at radius 3 is 3.00 bits per heavy atom. The number of aryl methyl sites for hydroxylation is 1. The second-order valence-electron chi connectivity index (χ2n) is 3.18. The Morgan fingerprint density at radius 2 is 2.29 bits per heavy atom. The number of fused-ring (bicyclic) bond motifs is 1. The van der Waals surface area contributed by atoms with Crippen LogP contribution in [0, 0.1) is 6.92 Å². The molecule has 2 heterocycles. The lowest BCUT2D eigenvalue weighted by molar-refractivity contribution is 1.16. The molecule has 3 nitrogen and oxygen atoms in total. The van der Waals surface area contributed by atoms with Crippen LogP contribution in [-0.4, -0.2) is 9.97 Å². The van der Waals surface area contributed by atoms with Gasteiger partial charge >= 0.3 is 0 Å². The summed E-state index contributed by atoms with van der Waals surface area (Å²) in [6.07, 6.45) is 1.72. The third-order valence-corrected chi connectivity index (χ3v) is 2.38. The lowest BCUT2D eigenvalue weighted by Crippen LogP contribution is -2.08. The van der Waals surface area contributed by atoms with E-state index in [1.165, 1.54) is 0 Å². The van der Waals surface area contributed by atoms with E-state index >= 15 is 0 Å². The molecular weight excluding hydrogens is 200 g/mol. The lowest BCUT2D eigenvalue weighted by Gasteiger charge is -2.00. The highest BCUT2D eigenvalue weighted by atomic mass is 35.5. The van der Waals surface area contributed by atoms with Crippen LogP contribution in [0.5, 0.6) is 0 Å². The lowest BCUT2D eigenvalue weighted by atomic mass is 10.2. The van der Waals surface area contributed by atoms with Crippen LogP contribution in [-0.2, 0) is 5.88 Å². The van der Waals surface area contributed by atoms with E-state index in [1.54, 1.807) is 19.2 Å². The topological polar surface area (TPSA) is 45.8 Å². The van der Waals surface area contributed by atoms with Crippen molar-refractivity contribution >= 4 is 22.5 Å².